The number of rotatable bonds is 10. The van der Waals surface area contributed by atoms with Crippen LogP contribution in [0.3, 0.4) is 0 Å². The molecule has 10 aromatic heterocycles. The molecule has 0 N–H and O–H groups in total. The highest BCUT2D eigenvalue weighted by Crippen LogP contribution is 2.41. The van der Waals surface area contributed by atoms with E-state index in [1.165, 1.54) is 55.6 Å². The summed E-state index contributed by atoms with van der Waals surface area (Å²) in [6.45, 7) is 10.8. The summed E-state index contributed by atoms with van der Waals surface area (Å²) >= 11 is 0. The van der Waals surface area contributed by atoms with E-state index in [-0.39, 0.29) is 0 Å². The molecule has 510 valence electrons. The van der Waals surface area contributed by atoms with E-state index in [1.54, 1.807) is 31.0 Å². The van der Waals surface area contributed by atoms with Gasteiger partial charge >= 0.3 is 0 Å². The van der Waals surface area contributed by atoms with E-state index in [1.807, 2.05) is 67.0 Å². The van der Waals surface area contributed by atoms with E-state index < -0.39 is 0 Å². The van der Waals surface area contributed by atoms with Crippen LogP contribution in [0, 0.1) is 0 Å². The summed E-state index contributed by atoms with van der Waals surface area (Å²) in [6, 6.07) is 90.3. The summed E-state index contributed by atoms with van der Waals surface area (Å²) in [6.07, 6.45) is 17.9. The van der Waals surface area contributed by atoms with Gasteiger partial charge in [-0.15, -0.1) is 0 Å². The first-order valence-corrected chi connectivity index (χ1v) is 36.1. The van der Waals surface area contributed by atoms with E-state index >= 15 is 0 Å². The van der Waals surface area contributed by atoms with Crippen LogP contribution in [-0.4, -0.2) is 24.9 Å². The molecule has 0 aliphatic rings. The van der Waals surface area contributed by atoms with Crippen molar-refractivity contribution in [1.82, 2.24) is 24.9 Å². The maximum Gasteiger partial charge on any atom is 0.227 e. The number of aryl methyl sites for hydroxylation is 5. The Morgan fingerprint density at radius 2 is 0.590 bits per heavy atom. The highest BCUT2D eigenvalue weighted by Gasteiger charge is 2.18. The fourth-order valence-electron chi connectivity index (χ4n) is 13.9. The lowest BCUT2D eigenvalue weighted by Gasteiger charge is -2.04. The van der Waals surface area contributed by atoms with Gasteiger partial charge in [-0.3, -0.25) is 19.9 Å². The fraction of sp³-hybridized carbons (Fsp3) is 0.105. The van der Waals surface area contributed by atoms with Gasteiger partial charge < -0.3 is 22.1 Å². The number of furan rings is 5. The van der Waals surface area contributed by atoms with E-state index in [4.69, 9.17) is 22.1 Å². The minimum absolute atomic E-state index is 0.699. The van der Waals surface area contributed by atoms with Crippen LogP contribution in [0.25, 0.3) is 166 Å². The molecule has 0 aliphatic heterocycles. The number of aromatic nitrogens is 5. The Balaban J connectivity index is 0.000000101. The summed E-state index contributed by atoms with van der Waals surface area (Å²) in [5.41, 5.74) is 28.8. The van der Waals surface area contributed by atoms with Crippen LogP contribution >= 0.6 is 0 Å². The van der Waals surface area contributed by atoms with Crippen LogP contribution in [0.2, 0.25) is 0 Å². The van der Waals surface area contributed by atoms with Crippen molar-refractivity contribution in [3.05, 3.63) is 332 Å². The van der Waals surface area contributed by atoms with E-state index in [9.17, 15) is 0 Å². The number of benzene rings is 10. The molecule has 0 radical (unpaired) electrons. The second kappa shape index (κ2) is 29.9. The number of hydrogen-bond acceptors (Lipinski definition) is 10. The Kier molecular flexibility index (Phi) is 18.9. The molecule has 0 unspecified atom stereocenters. The molecule has 10 heteroatoms. The molecule has 0 saturated carbocycles. The lowest BCUT2D eigenvalue weighted by atomic mass is 10.0. The first kappa shape index (κ1) is 66.5. The third kappa shape index (κ3) is 13.4. The van der Waals surface area contributed by atoms with Crippen LogP contribution < -0.4 is 0 Å². The predicted molar refractivity (Wildman–Crippen MR) is 432 cm³/mol. The molecule has 20 rings (SSSR count). The molecule has 10 nitrogen and oxygen atoms in total. The van der Waals surface area contributed by atoms with Crippen molar-refractivity contribution < 1.29 is 22.1 Å². The molecule has 0 saturated heterocycles. The molecule has 10 heterocycles. The Labute approximate surface area is 608 Å². The van der Waals surface area contributed by atoms with Gasteiger partial charge in [0.2, 0.25) is 5.71 Å². The first-order valence-electron chi connectivity index (χ1n) is 36.1. The normalized spacial score (nSPS) is 11.3. The highest BCUT2D eigenvalue weighted by atomic mass is 16.3. The Morgan fingerprint density at radius 1 is 0.219 bits per heavy atom. The number of pyridine rings is 5. The van der Waals surface area contributed by atoms with Crippen LogP contribution in [0.15, 0.2) is 326 Å². The van der Waals surface area contributed by atoms with Crippen molar-refractivity contribution in [3.63, 3.8) is 0 Å². The summed E-state index contributed by atoms with van der Waals surface area (Å²) in [5.74, 6) is 0. The van der Waals surface area contributed by atoms with Gasteiger partial charge in [0.15, 0.2) is 16.7 Å². The average Bonchev–Trinajstić information content (AvgIpc) is 1.52. The van der Waals surface area contributed by atoms with Crippen molar-refractivity contribution in [2.24, 2.45) is 0 Å². The number of fused-ring (bicyclic) bond motifs is 15. The SMILES string of the molecule is CCc1ccc(-c2cccc3c2oc2cccnc23)cc1.CCc1ccc(-c2cccc3c2oc2ccncc23)cc1.CCc1ccc(-c2cccc3c2oc2cnccc23)cc1.CCc1ccc(-c2cccc3c2oc2ncccc23)cc1.CCc1ccc(-c2ccnc3c2oc2ccccc23)cc1. The summed E-state index contributed by atoms with van der Waals surface area (Å²) in [7, 11) is 0. The maximum atomic E-state index is 6.05. The average molecular weight is 1370 g/mol. The first-order chi connectivity index (χ1) is 51.8. The second-order valence-corrected chi connectivity index (χ2v) is 26.0. The van der Waals surface area contributed by atoms with Crippen LogP contribution in [0.4, 0.5) is 0 Å². The van der Waals surface area contributed by atoms with Gasteiger partial charge in [0.05, 0.1) is 6.20 Å². The van der Waals surface area contributed by atoms with Crippen LogP contribution in [-0.2, 0) is 32.1 Å². The molecule has 0 fully saturated rings. The summed E-state index contributed by atoms with van der Waals surface area (Å²) in [5, 5.41) is 8.78. The van der Waals surface area contributed by atoms with Crippen LogP contribution in [0.1, 0.15) is 62.4 Å². The fourth-order valence-corrected chi connectivity index (χ4v) is 13.9. The van der Waals surface area contributed by atoms with Gasteiger partial charge in [-0.2, -0.15) is 0 Å². The Hall–Kier alpha value is -13.1. The Morgan fingerprint density at radius 3 is 1.13 bits per heavy atom. The molecule has 105 heavy (non-hydrogen) atoms. The van der Waals surface area contributed by atoms with Crippen molar-refractivity contribution in [2.75, 3.05) is 0 Å². The molecular weight excluding hydrogens is 1290 g/mol. The zero-order valence-corrected chi connectivity index (χ0v) is 59.2. The highest BCUT2D eigenvalue weighted by molar-refractivity contribution is 6.12. The smallest absolute Gasteiger partial charge is 0.227 e. The zero-order chi connectivity index (χ0) is 71.2. The van der Waals surface area contributed by atoms with E-state index in [0.29, 0.717) is 5.71 Å². The second-order valence-electron chi connectivity index (χ2n) is 26.0. The number of para-hydroxylation sites is 5. The summed E-state index contributed by atoms with van der Waals surface area (Å²) < 4.78 is 30.1. The van der Waals surface area contributed by atoms with E-state index in [0.717, 1.165) is 164 Å². The molecule has 0 amide bonds. The topological polar surface area (TPSA) is 130 Å². The monoisotopic (exact) mass is 1370 g/mol. The molecule has 0 aliphatic carbocycles. The van der Waals surface area contributed by atoms with E-state index in [2.05, 4.69) is 266 Å². The van der Waals surface area contributed by atoms with Crippen molar-refractivity contribution in [3.8, 4) is 55.6 Å². The number of nitrogens with zero attached hydrogens (tertiary/aromatic N) is 5. The molecule has 0 spiro atoms. The standard InChI is InChI=1S/5C19H15NO/c1-2-13-8-10-14(11-9-13)15-5-3-6-16-18-17(21-19(15)16)7-4-12-20-18;1-2-13-8-10-14(11-9-13)15-5-3-6-16-17-7-4-12-20-19(17)21-18(15)16;1-2-13-6-8-14(9-7-13)15-4-3-5-17-16-10-11-20-12-18(16)21-19(15)17;1-2-13-6-8-14(9-7-13)15-4-3-5-16-17-12-20-11-10-18(17)21-19(15)16;1-2-13-7-9-14(10-8-13)15-11-12-20-18-16-5-3-4-6-17(16)21-19(15)18/h5*3-12H,2H2,1H3. The molecule has 10 aromatic carbocycles. The van der Waals surface area contributed by atoms with Gasteiger partial charge in [0, 0.05) is 108 Å². The van der Waals surface area contributed by atoms with Crippen LogP contribution in [0.5, 0.6) is 0 Å². The molecule has 20 aromatic rings. The predicted octanol–water partition coefficient (Wildman–Crippen LogP) is 26.1. The minimum Gasteiger partial charge on any atom is -0.455 e. The van der Waals surface area contributed by atoms with Gasteiger partial charge in [-0.25, -0.2) is 4.98 Å². The quantitative estimate of drug-likeness (QED) is 0.130. The van der Waals surface area contributed by atoms with Gasteiger partial charge in [-0.05, 0) is 148 Å². The molecular formula is C95H75N5O5. The van der Waals surface area contributed by atoms with Gasteiger partial charge in [0.1, 0.15) is 44.5 Å². The Bertz CT molecular complexity index is 5510. The number of hydrogen-bond donors (Lipinski definition) is 0. The van der Waals surface area contributed by atoms with Crippen molar-refractivity contribution in [2.45, 2.75) is 66.7 Å². The minimum atomic E-state index is 0.699. The molecule has 0 bridgehead atoms. The van der Waals surface area contributed by atoms with Gasteiger partial charge in [0.25, 0.3) is 0 Å². The zero-order valence-electron chi connectivity index (χ0n) is 59.2. The largest absolute Gasteiger partial charge is 0.455 e. The third-order valence-electron chi connectivity index (χ3n) is 19.8. The lowest BCUT2D eigenvalue weighted by molar-refractivity contribution is 0.655. The van der Waals surface area contributed by atoms with Gasteiger partial charge in [-0.1, -0.05) is 235 Å². The van der Waals surface area contributed by atoms with Crippen molar-refractivity contribution >= 4 is 110 Å². The third-order valence-corrected chi connectivity index (χ3v) is 19.8. The lowest BCUT2D eigenvalue weighted by Crippen LogP contribution is -1.83. The molecule has 0 atom stereocenters. The van der Waals surface area contributed by atoms with Crippen molar-refractivity contribution in [1.29, 1.82) is 0 Å². The maximum absolute atomic E-state index is 6.05. The summed E-state index contributed by atoms with van der Waals surface area (Å²) in [4.78, 5) is 21.6.